The molecule has 0 aliphatic rings. The number of nitrogens with one attached hydrogen (secondary N) is 3. The summed E-state index contributed by atoms with van der Waals surface area (Å²) in [5.74, 6) is -0.655. The first-order valence-corrected chi connectivity index (χ1v) is 8.36. The van der Waals surface area contributed by atoms with Crippen LogP contribution in [0.5, 0.6) is 0 Å². The molecule has 0 saturated heterocycles. The number of benzene rings is 1. The third-order valence-corrected chi connectivity index (χ3v) is 3.84. The van der Waals surface area contributed by atoms with Crippen molar-refractivity contribution in [1.82, 2.24) is 20.4 Å². The number of nitro groups is 1. The summed E-state index contributed by atoms with van der Waals surface area (Å²) >= 11 is 5.79. The van der Waals surface area contributed by atoms with Gasteiger partial charge in [-0.3, -0.25) is 30.7 Å². The lowest BCUT2D eigenvalue weighted by molar-refractivity contribution is -0.383. The van der Waals surface area contributed by atoms with Crippen molar-refractivity contribution >= 4 is 34.8 Å². The van der Waals surface area contributed by atoms with Gasteiger partial charge in [-0.1, -0.05) is 17.7 Å². The van der Waals surface area contributed by atoms with Gasteiger partial charge in [0.15, 0.2) is 0 Å². The predicted octanol–water partition coefficient (Wildman–Crippen LogP) is 2.80. The van der Waals surface area contributed by atoms with Crippen molar-refractivity contribution in [3.8, 4) is 0 Å². The highest BCUT2D eigenvalue weighted by Crippen LogP contribution is 2.28. The van der Waals surface area contributed by atoms with E-state index in [1.54, 1.807) is 30.6 Å². The van der Waals surface area contributed by atoms with Gasteiger partial charge in [-0.2, -0.15) is 0 Å². The van der Waals surface area contributed by atoms with Gasteiger partial charge in [-0.15, -0.1) is 0 Å². The van der Waals surface area contributed by atoms with E-state index in [1.165, 1.54) is 12.1 Å². The van der Waals surface area contributed by atoms with Crippen LogP contribution in [0.2, 0.25) is 5.02 Å². The van der Waals surface area contributed by atoms with E-state index in [2.05, 4.69) is 31.1 Å². The molecular formula is C17H14ClN7O3. The number of pyridine rings is 1. The van der Waals surface area contributed by atoms with Crippen LogP contribution in [0.3, 0.4) is 0 Å². The lowest BCUT2D eigenvalue weighted by Crippen LogP contribution is -2.30. The Morgan fingerprint density at radius 3 is 2.57 bits per heavy atom. The molecule has 3 aromatic rings. The number of rotatable bonds is 7. The molecule has 28 heavy (non-hydrogen) atoms. The zero-order valence-corrected chi connectivity index (χ0v) is 15.1. The molecule has 1 aromatic carbocycles. The number of amides is 1. The average Bonchev–Trinajstić information content (AvgIpc) is 2.71. The number of hydrogen-bond donors (Lipinski definition) is 3. The van der Waals surface area contributed by atoms with Gasteiger partial charge in [0, 0.05) is 29.5 Å². The maximum absolute atomic E-state index is 12.2. The first-order valence-electron chi connectivity index (χ1n) is 7.98. The molecule has 0 bridgehead atoms. The zero-order valence-electron chi connectivity index (χ0n) is 14.3. The van der Waals surface area contributed by atoms with Crippen LogP contribution >= 0.6 is 11.6 Å². The van der Waals surface area contributed by atoms with E-state index in [4.69, 9.17) is 11.6 Å². The van der Waals surface area contributed by atoms with E-state index in [0.29, 0.717) is 10.6 Å². The minimum absolute atomic E-state index is 0.00657. The van der Waals surface area contributed by atoms with Gasteiger partial charge >= 0.3 is 5.69 Å². The van der Waals surface area contributed by atoms with Crippen LogP contribution in [0.1, 0.15) is 15.9 Å². The quantitative estimate of drug-likeness (QED) is 0.407. The summed E-state index contributed by atoms with van der Waals surface area (Å²) in [6, 6.07) is 9.74. The smallest absolute Gasteiger partial charge is 0.354 e. The fourth-order valence-corrected chi connectivity index (χ4v) is 2.38. The second-order valence-corrected chi connectivity index (χ2v) is 5.91. The predicted molar refractivity (Wildman–Crippen MR) is 103 cm³/mol. The minimum atomic E-state index is -0.637. The van der Waals surface area contributed by atoms with Crippen LogP contribution in [0.4, 0.5) is 17.3 Å². The Morgan fingerprint density at radius 1 is 1.14 bits per heavy atom. The van der Waals surface area contributed by atoms with Crippen molar-refractivity contribution in [3.63, 3.8) is 0 Å². The molecular weight excluding hydrogens is 386 g/mol. The summed E-state index contributed by atoms with van der Waals surface area (Å²) in [4.78, 5) is 34.8. The molecule has 1 amide bonds. The van der Waals surface area contributed by atoms with Gasteiger partial charge in [0.05, 0.1) is 4.92 Å². The Kier molecular flexibility index (Phi) is 5.92. The molecule has 0 radical (unpaired) electrons. The van der Waals surface area contributed by atoms with Gasteiger partial charge in [-0.25, -0.2) is 9.97 Å². The lowest BCUT2D eigenvalue weighted by Gasteiger charge is -2.11. The van der Waals surface area contributed by atoms with Crippen molar-refractivity contribution < 1.29 is 9.72 Å². The normalized spacial score (nSPS) is 10.2. The van der Waals surface area contributed by atoms with E-state index in [9.17, 15) is 14.9 Å². The number of carbonyl (C=O) groups excluding carboxylic acids is 1. The summed E-state index contributed by atoms with van der Waals surface area (Å²) in [7, 11) is 0. The number of nitrogens with zero attached hydrogens (tertiary/aromatic N) is 4. The second kappa shape index (κ2) is 8.73. The number of anilines is 2. The van der Waals surface area contributed by atoms with Crippen LogP contribution in [-0.4, -0.2) is 25.8 Å². The van der Waals surface area contributed by atoms with Gasteiger partial charge in [0.1, 0.15) is 6.33 Å². The highest BCUT2D eigenvalue weighted by atomic mass is 35.5. The monoisotopic (exact) mass is 399 g/mol. The van der Waals surface area contributed by atoms with Gasteiger partial charge < -0.3 is 5.32 Å². The fraction of sp³-hybridized carbons (Fsp3) is 0.0588. The highest BCUT2D eigenvalue weighted by Gasteiger charge is 2.23. The van der Waals surface area contributed by atoms with Gasteiger partial charge in [0.2, 0.25) is 11.6 Å². The molecule has 11 heteroatoms. The Morgan fingerprint density at radius 2 is 1.89 bits per heavy atom. The highest BCUT2D eigenvalue weighted by molar-refractivity contribution is 6.30. The third kappa shape index (κ3) is 4.68. The largest absolute Gasteiger partial charge is 0.360 e. The molecule has 142 valence electrons. The van der Waals surface area contributed by atoms with Crippen molar-refractivity contribution in [2.24, 2.45) is 0 Å². The molecule has 0 saturated carbocycles. The Bertz CT molecular complexity index is 984. The molecule has 0 aliphatic heterocycles. The molecule has 10 nitrogen and oxygen atoms in total. The molecule has 2 aromatic heterocycles. The van der Waals surface area contributed by atoms with Crippen molar-refractivity contribution in [2.75, 3.05) is 10.7 Å². The summed E-state index contributed by atoms with van der Waals surface area (Å²) in [6.07, 6.45) is 4.41. The van der Waals surface area contributed by atoms with Crippen molar-refractivity contribution in [2.45, 2.75) is 6.54 Å². The minimum Gasteiger partial charge on any atom is -0.360 e. The van der Waals surface area contributed by atoms with E-state index < -0.39 is 16.5 Å². The lowest BCUT2D eigenvalue weighted by atomic mass is 10.2. The summed E-state index contributed by atoms with van der Waals surface area (Å²) in [5, 5.41) is 14.9. The van der Waals surface area contributed by atoms with E-state index in [1.807, 2.05) is 6.07 Å². The number of hydrogen-bond acceptors (Lipinski definition) is 8. The Labute approximate surface area is 164 Å². The Balaban J connectivity index is 1.74. The molecule has 2 heterocycles. The molecule has 0 atom stereocenters. The van der Waals surface area contributed by atoms with E-state index in [-0.39, 0.29) is 18.2 Å². The van der Waals surface area contributed by atoms with Crippen LogP contribution in [0, 0.1) is 10.1 Å². The van der Waals surface area contributed by atoms with E-state index >= 15 is 0 Å². The molecule has 3 N–H and O–H groups in total. The van der Waals surface area contributed by atoms with Gasteiger partial charge in [-0.05, 0) is 35.9 Å². The fourth-order valence-electron chi connectivity index (χ4n) is 2.25. The summed E-state index contributed by atoms with van der Waals surface area (Å²) in [6.45, 7) is 0.280. The summed E-state index contributed by atoms with van der Waals surface area (Å²) in [5.41, 5.74) is 5.58. The maximum Gasteiger partial charge on any atom is 0.354 e. The SMILES string of the molecule is O=C(NNc1ncnc(NCc2cccnc2)c1[N+](=O)[O-])c1ccc(Cl)cc1. The van der Waals surface area contributed by atoms with E-state index in [0.717, 1.165) is 11.9 Å². The topological polar surface area (TPSA) is 135 Å². The zero-order chi connectivity index (χ0) is 19.9. The first kappa shape index (κ1) is 19.0. The molecule has 0 spiro atoms. The summed E-state index contributed by atoms with van der Waals surface area (Å²) < 4.78 is 0. The number of carbonyl (C=O) groups is 1. The number of hydrazine groups is 1. The number of aromatic nitrogens is 3. The van der Waals surface area contributed by atoms with Crippen LogP contribution in [0.25, 0.3) is 0 Å². The Hall–Kier alpha value is -3.79. The number of halogens is 1. The van der Waals surface area contributed by atoms with Crippen molar-refractivity contribution in [3.05, 3.63) is 81.4 Å². The van der Waals surface area contributed by atoms with Crippen molar-refractivity contribution in [1.29, 1.82) is 0 Å². The standard InChI is InChI=1S/C17H14ClN7O3/c18-13-5-3-12(4-6-13)17(26)24-23-16-14(25(27)28)15(21-10-22-16)20-9-11-2-1-7-19-8-11/h1-8,10H,9H2,(H,24,26)(H2,20,21,22,23). The molecule has 0 aliphatic carbocycles. The van der Waals surface area contributed by atoms with Crippen LogP contribution in [-0.2, 0) is 6.54 Å². The molecule has 0 fully saturated rings. The first-order chi connectivity index (χ1) is 13.5. The third-order valence-electron chi connectivity index (χ3n) is 3.59. The average molecular weight is 400 g/mol. The van der Waals surface area contributed by atoms with Crippen LogP contribution < -0.4 is 16.2 Å². The molecule has 3 rings (SSSR count). The molecule has 0 unspecified atom stereocenters. The second-order valence-electron chi connectivity index (χ2n) is 5.48. The van der Waals surface area contributed by atoms with Gasteiger partial charge in [0.25, 0.3) is 5.91 Å². The maximum atomic E-state index is 12.2. The van der Waals surface area contributed by atoms with Crippen LogP contribution in [0.15, 0.2) is 55.1 Å².